The Balaban J connectivity index is 2.00. The van der Waals surface area contributed by atoms with Crippen molar-refractivity contribution in [3.05, 3.63) is 29.0 Å². The van der Waals surface area contributed by atoms with Crippen molar-refractivity contribution in [1.29, 1.82) is 0 Å². The van der Waals surface area contributed by atoms with E-state index < -0.39 is 0 Å². The summed E-state index contributed by atoms with van der Waals surface area (Å²) >= 11 is 5.92. The molecule has 18 heavy (non-hydrogen) atoms. The van der Waals surface area contributed by atoms with E-state index in [0.717, 1.165) is 25.6 Å². The number of rotatable bonds is 4. The van der Waals surface area contributed by atoms with Gasteiger partial charge in [0, 0.05) is 25.3 Å². The van der Waals surface area contributed by atoms with Gasteiger partial charge >= 0.3 is 0 Å². The zero-order valence-corrected chi connectivity index (χ0v) is 11.7. The predicted molar refractivity (Wildman–Crippen MR) is 75.5 cm³/mol. The minimum absolute atomic E-state index is 0.510. The number of likely N-dealkylation sites (tertiary alicyclic amines) is 1. The Bertz CT molecular complexity index is 383. The molecule has 0 aliphatic carbocycles. The molecule has 2 atom stereocenters. The number of piperidine rings is 1. The molecule has 0 aromatic carbocycles. The van der Waals surface area contributed by atoms with Gasteiger partial charge in [-0.05, 0) is 43.0 Å². The number of nitrogens with two attached hydrogens (primary N) is 1. The van der Waals surface area contributed by atoms with Gasteiger partial charge in [-0.2, -0.15) is 0 Å². The van der Waals surface area contributed by atoms with E-state index in [-0.39, 0.29) is 0 Å². The van der Waals surface area contributed by atoms with Crippen molar-refractivity contribution in [1.82, 2.24) is 9.88 Å². The Morgan fingerprint density at radius 2 is 2.39 bits per heavy atom. The van der Waals surface area contributed by atoms with Crippen molar-refractivity contribution in [3.8, 4) is 0 Å². The molecule has 0 amide bonds. The molecule has 2 heterocycles. The molecule has 4 heteroatoms. The lowest BCUT2D eigenvalue weighted by Crippen LogP contribution is -2.46. The van der Waals surface area contributed by atoms with Crippen LogP contribution >= 0.6 is 11.6 Å². The van der Waals surface area contributed by atoms with Crippen molar-refractivity contribution in [2.75, 3.05) is 13.1 Å². The summed E-state index contributed by atoms with van der Waals surface area (Å²) in [6, 6.07) is 4.49. The first-order valence-corrected chi connectivity index (χ1v) is 7.15. The lowest BCUT2D eigenvalue weighted by atomic mass is 9.88. The van der Waals surface area contributed by atoms with E-state index >= 15 is 0 Å². The molecule has 1 fully saturated rings. The zero-order valence-electron chi connectivity index (χ0n) is 11.0. The standard InChI is InChI=1S/C14H22ClN3/c1-2-11-4-6-18(13(7-11)9-16)10-12-3-5-17-14(15)8-12/h3,5,8,11,13H,2,4,6-7,9-10,16H2,1H3. The fourth-order valence-corrected chi connectivity index (χ4v) is 2.98. The van der Waals surface area contributed by atoms with Gasteiger partial charge in [-0.1, -0.05) is 24.9 Å². The summed E-state index contributed by atoms with van der Waals surface area (Å²) < 4.78 is 0. The molecule has 0 radical (unpaired) electrons. The van der Waals surface area contributed by atoms with Crippen LogP contribution in [0.25, 0.3) is 0 Å². The van der Waals surface area contributed by atoms with Gasteiger partial charge in [-0.15, -0.1) is 0 Å². The van der Waals surface area contributed by atoms with Crippen LogP contribution < -0.4 is 5.73 Å². The summed E-state index contributed by atoms with van der Waals surface area (Å²) in [4.78, 5) is 6.50. The molecule has 100 valence electrons. The van der Waals surface area contributed by atoms with Crippen molar-refractivity contribution in [2.24, 2.45) is 11.7 Å². The molecule has 1 saturated heterocycles. The monoisotopic (exact) mass is 267 g/mol. The summed E-state index contributed by atoms with van der Waals surface area (Å²) in [5.74, 6) is 0.843. The van der Waals surface area contributed by atoms with E-state index in [2.05, 4.69) is 16.8 Å². The molecule has 3 nitrogen and oxygen atoms in total. The molecule has 1 aliphatic rings. The number of hydrogen-bond donors (Lipinski definition) is 1. The van der Waals surface area contributed by atoms with E-state index in [1.165, 1.54) is 24.8 Å². The van der Waals surface area contributed by atoms with Gasteiger partial charge in [0.1, 0.15) is 5.15 Å². The first-order chi connectivity index (χ1) is 8.72. The summed E-state index contributed by atoms with van der Waals surface area (Å²) in [5, 5.41) is 0.570. The third-order valence-corrected chi connectivity index (χ3v) is 4.18. The molecule has 1 aromatic rings. The topological polar surface area (TPSA) is 42.2 Å². The van der Waals surface area contributed by atoms with Crippen LogP contribution in [0.5, 0.6) is 0 Å². The van der Waals surface area contributed by atoms with Crippen LogP contribution in [0.2, 0.25) is 5.15 Å². The molecule has 1 aromatic heterocycles. The van der Waals surface area contributed by atoms with Crippen LogP contribution in [0.15, 0.2) is 18.3 Å². The number of halogens is 1. The largest absolute Gasteiger partial charge is 0.329 e. The van der Waals surface area contributed by atoms with Crippen LogP contribution in [-0.4, -0.2) is 29.0 Å². The molecule has 0 bridgehead atoms. The number of pyridine rings is 1. The highest BCUT2D eigenvalue weighted by molar-refractivity contribution is 6.29. The van der Waals surface area contributed by atoms with Gasteiger partial charge in [0.15, 0.2) is 0 Å². The quantitative estimate of drug-likeness (QED) is 0.853. The highest BCUT2D eigenvalue weighted by atomic mass is 35.5. The van der Waals surface area contributed by atoms with E-state index in [1.54, 1.807) is 6.20 Å². The molecule has 2 N–H and O–H groups in total. The Morgan fingerprint density at radius 3 is 3.06 bits per heavy atom. The number of hydrogen-bond acceptors (Lipinski definition) is 3. The predicted octanol–water partition coefficient (Wildman–Crippen LogP) is 2.68. The van der Waals surface area contributed by atoms with Crippen molar-refractivity contribution >= 4 is 11.6 Å². The molecular weight excluding hydrogens is 246 g/mol. The SMILES string of the molecule is CCC1CCN(Cc2ccnc(Cl)c2)C(CN)C1. The van der Waals surface area contributed by atoms with Gasteiger partial charge in [0.2, 0.25) is 0 Å². The summed E-state index contributed by atoms with van der Waals surface area (Å²) in [7, 11) is 0. The molecule has 1 aliphatic heterocycles. The maximum Gasteiger partial charge on any atom is 0.129 e. The van der Waals surface area contributed by atoms with Gasteiger partial charge in [0.25, 0.3) is 0 Å². The average molecular weight is 268 g/mol. The van der Waals surface area contributed by atoms with E-state index in [0.29, 0.717) is 11.2 Å². The van der Waals surface area contributed by atoms with E-state index in [1.807, 2.05) is 12.1 Å². The Kier molecular flexibility index (Phi) is 4.98. The smallest absolute Gasteiger partial charge is 0.129 e. The minimum Gasteiger partial charge on any atom is -0.329 e. The third kappa shape index (κ3) is 3.44. The van der Waals surface area contributed by atoms with Crippen molar-refractivity contribution < 1.29 is 0 Å². The molecule has 0 saturated carbocycles. The maximum absolute atomic E-state index is 5.92. The lowest BCUT2D eigenvalue weighted by Gasteiger charge is -2.38. The van der Waals surface area contributed by atoms with Crippen LogP contribution in [0, 0.1) is 5.92 Å². The minimum atomic E-state index is 0.510. The first kappa shape index (κ1) is 13.8. The summed E-state index contributed by atoms with van der Waals surface area (Å²) in [5.41, 5.74) is 7.14. The highest BCUT2D eigenvalue weighted by Gasteiger charge is 2.26. The van der Waals surface area contributed by atoms with E-state index in [4.69, 9.17) is 17.3 Å². The number of nitrogens with zero attached hydrogens (tertiary/aromatic N) is 2. The Morgan fingerprint density at radius 1 is 1.56 bits per heavy atom. The number of aromatic nitrogens is 1. The normalized spacial score (nSPS) is 25.3. The van der Waals surface area contributed by atoms with Crippen LogP contribution in [0.1, 0.15) is 31.7 Å². The zero-order chi connectivity index (χ0) is 13.0. The molecule has 2 rings (SSSR count). The van der Waals surface area contributed by atoms with Gasteiger partial charge in [-0.3, -0.25) is 4.90 Å². The second-order valence-corrected chi connectivity index (χ2v) is 5.53. The van der Waals surface area contributed by atoms with Crippen LogP contribution in [-0.2, 0) is 6.54 Å². The summed E-state index contributed by atoms with van der Waals surface area (Å²) in [6.45, 7) is 5.09. The Hall–Kier alpha value is -0.640. The van der Waals surface area contributed by atoms with Gasteiger partial charge in [-0.25, -0.2) is 4.98 Å². The van der Waals surface area contributed by atoms with Crippen molar-refractivity contribution in [2.45, 2.75) is 38.8 Å². The fraction of sp³-hybridized carbons (Fsp3) is 0.643. The Labute approximate surface area is 114 Å². The van der Waals surface area contributed by atoms with Crippen LogP contribution in [0.3, 0.4) is 0 Å². The average Bonchev–Trinajstić information content (AvgIpc) is 2.39. The summed E-state index contributed by atoms with van der Waals surface area (Å²) in [6.07, 6.45) is 5.55. The van der Waals surface area contributed by atoms with E-state index in [9.17, 15) is 0 Å². The third-order valence-electron chi connectivity index (χ3n) is 3.97. The van der Waals surface area contributed by atoms with Crippen LogP contribution in [0.4, 0.5) is 0 Å². The molecule has 2 unspecified atom stereocenters. The fourth-order valence-electron chi connectivity index (χ4n) is 2.78. The van der Waals surface area contributed by atoms with Gasteiger partial charge in [0.05, 0.1) is 0 Å². The second kappa shape index (κ2) is 6.50. The highest BCUT2D eigenvalue weighted by Crippen LogP contribution is 2.26. The molecular formula is C14H22ClN3. The first-order valence-electron chi connectivity index (χ1n) is 6.77. The lowest BCUT2D eigenvalue weighted by molar-refractivity contribution is 0.107. The molecule has 0 spiro atoms. The second-order valence-electron chi connectivity index (χ2n) is 5.15. The maximum atomic E-state index is 5.92. The van der Waals surface area contributed by atoms with Gasteiger partial charge < -0.3 is 5.73 Å². The van der Waals surface area contributed by atoms with Crippen molar-refractivity contribution in [3.63, 3.8) is 0 Å².